The van der Waals surface area contributed by atoms with Gasteiger partial charge in [-0.1, -0.05) is 18.2 Å². The van der Waals surface area contributed by atoms with Crippen molar-refractivity contribution in [2.75, 3.05) is 19.5 Å². The average molecular weight is 506 g/mol. The van der Waals surface area contributed by atoms with Crippen molar-refractivity contribution in [3.05, 3.63) is 114 Å². The third kappa shape index (κ3) is 5.54. The number of hydrogen-bond acceptors (Lipinski definition) is 7. The molecule has 3 aromatic heterocycles. The van der Waals surface area contributed by atoms with Gasteiger partial charge >= 0.3 is 0 Å². The summed E-state index contributed by atoms with van der Waals surface area (Å²) >= 11 is 0. The second kappa shape index (κ2) is 11.4. The minimum Gasteiger partial charge on any atom is -0.493 e. The van der Waals surface area contributed by atoms with Gasteiger partial charge in [0.15, 0.2) is 11.5 Å². The summed E-state index contributed by atoms with van der Waals surface area (Å²) in [5.41, 5.74) is 5.19. The first-order valence-electron chi connectivity index (χ1n) is 12.1. The maximum atomic E-state index is 12.8. The van der Waals surface area contributed by atoms with Crippen LogP contribution in [0.5, 0.6) is 11.5 Å². The lowest BCUT2D eigenvalue weighted by molar-refractivity contribution is 0.0951. The first-order valence-corrected chi connectivity index (χ1v) is 12.1. The molecule has 190 valence electrons. The number of carbonyl (C=O) groups excluding carboxylic acids is 1. The summed E-state index contributed by atoms with van der Waals surface area (Å²) in [6, 6.07) is 23.0. The molecule has 0 bridgehead atoms. The first-order chi connectivity index (χ1) is 18.6. The van der Waals surface area contributed by atoms with E-state index in [0.717, 1.165) is 39.8 Å². The molecule has 3 heterocycles. The molecule has 0 unspecified atom stereocenters. The van der Waals surface area contributed by atoms with Crippen molar-refractivity contribution >= 4 is 28.3 Å². The zero-order valence-electron chi connectivity index (χ0n) is 21.1. The highest BCUT2D eigenvalue weighted by atomic mass is 16.5. The Morgan fingerprint density at radius 3 is 2.37 bits per heavy atom. The summed E-state index contributed by atoms with van der Waals surface area (Å²) < 4.78 is 10.9. The molecule has 0 spiro atoms. The van der Waals surface area contributed by atoms with Crippen molar-refractivity contribution in [1.29, 1.82) is 0 Å². The average Bonchev–Trinajstić information content (AvgIpc) is 2.97. The largest absolute Gasteiger partial charge is 0.493 e. The fourth-order valence-corrected chi connectivity index (χ4v) is 4.20. The molecule has 0 saturated carbocycles. The molecule has 38 heavy (non-hydrogen) atoms. The van der Waals surface area contributed by atoms with Crippen LogP contribution in [0.15, 0.2) is 91.4 Å². The first kappa shape index (κ1) is 24.7. The molecule has 8 heteroatoms. The van der Waals surface area contributed by atoms with Gasteiger partial charge in [0.2, 0.25) is 0 Å². The highest BCUT2D eigenvalue weighted by Crippen LogP contribution is 2.33. The van der Waals surface area contributed by atoms with Gasteiger partial charge in [-0.05, 0) is 66.1 Å². The van der Waals surface area contributed by atoms with Crippen molar-refractivity contribution < 1.29 is 14.3 Å². The molecule has 0 radical (unpaired) electrons. The van der Waals surface area contributed by atoms with Crippen molar-refractivity contribution in [2.45, 2.75) is 13.0 Å². The van der Waals surface area contributed by atoms with Crippen LogP contribution in [0.3, 0.4) is 0 Å². The molecule has 0 fully saturated rings. The number of ether oxygens (including phenoxy) is 2. The number of nitrogens with one attached hydrogen (secondary N) is 2. The van der Waals surface area contributed by atoms with E-state index in [0.29, 0.717) is 29.4 Å². The van der Waals surface area contributed by atoms with Crippen LogP contribution in [0.25, 0.3) is 10.9 Å². The zero-order chi connectivity index (χ0) is 26.3. The van der Waals surface area contributed by atoms with Gasteiger partial charge in [0.1, 0.15) is 5.82 Å². The number of aromatic nitrogens is 3. The van der Waals surface area contributed by atoms with E-state index in [1.54, 1.807) is 44.9 Å². The molecule has 5 aromatic rings. The fourth-order valence-electron chi connectivity index (χ4n) is 4.20. The van der Waals surface area contributed by atoms with E-state index in [2.05, 4.69) is 37.7 Å². The van der Waals surface area contributed by atoms with Crippen LogP contribution in [0.2, 0.25) is 0 Å². The minimum absolute atomic E-state index is 0.223. The number of fused-ring (bicyclic) bond motifs is 1. The van der Waals surface area contributed by atoms with Gasteiger partial charge in [0.25, 0.3) is 5.91 Å². The Bertz CT molecular complexity index is 1560. The molecule has 0 aliphatic rings. The van der Waals surface area contributed by atoms with E-state index >= 15 is 0 Å². The van der Waals surface area contributed by atoms with Gasteiger partial charge in [-0.3, -0.25) is 14.8 Å². The second-order valence-corrected chi connectivity index (χ2v) is 8.60. The predicted octanol–water partition coefficient (Wildman–Crippen LogP) is 5.31. The lowest BCUT2D eigenvalue weighted by atomic mass is 10.0. The number of benzene rings is 2. The molecule has 0 aliphatic carbocycles. The van der Waals surface area contributed by atoms with E-state index < -0.39 is 0 Å². The highest BCUT2D eigenvalue weighted by molar-refractivity contribution is 5.99. The number of hydrogen-bond donors (Lipinski definition) is 2. The zero-order valence-corrected chi connectivity index (χ0v) is 21.1. The molecule has 8 nitrogen and oxygen atoms in total. The number of carbonyl (C=O) groups is 1. The number of anilines is 2. The molecule has 0 atom stereocenters. The van der Waals surface area contributed by atoms with Crippen molar-refractivity contribution in [3.63, 3.8) is 0 Å². The van der Waals surface area contributed by atoms with Gasteiger partial charge in [-0.25, -0.2) is 4.98 Å². The summed E-state index contributed by atoms with van der Waals surface area (Å²) in [6.45, 7) is 0.338. The Balaban J connectivity index is 1.30. The molecular weight excluding hydrogens is 478 g/mol. The predicted molar refractivity (Wildman–Crippen MR) is 147 cm³/mol. The van der Waals surface area contributed by atoms with Crippen LogP contribution in [-0.4, -0.2) is 35.1 Å². The van der Waals surface area contributed by atoms with Gasteiger partial charge in [-0.15, -0.1) is 0 Å². The molecule has 2 aromatic carbocycles. The number of methoxy groups -OCH3 is 2. The van der Waals surface area contributed by atoms with Gasteiger partial charge in [0.05, 0.1) is 37.5 Å². The van der Waals surface area contributed by atoms with E-state index in [1.165, 1.54) is 0 Å². The smallest absolute Gasteiger partial charge is 0.255 e. The second-order valence-electron chi connectivity index (χ2n) is 8.60. The van der Waals surface area contributed by atoms with Crippen LogP contribution in [0.1, 0.15) is 27.2 Å². The summed E-state index contributed by atoms with van der Waals surface area (Å²) in [5, 5.41) is 7.19. The number of nitrogens with zero attached hydrogens (tertiary/aromatic N) is 3. The van der Waals surface area contributed by atoms with Gasteiger partial charge in [0, 0.05) is 35.7 Å². The maximum absolute atomic E-state index is 12.8. The number of rotatable bonds is 9. The van der Waals surface area contributed by atoms with Gasteiger partial charge in [-0.2, -0.15) is 0 Å². The third-order valence-electron chi connectivity index (χ3n) is 6.16. The van der Waals surface area contributed by atoms with Gasteiger partial charge < -0.3 is 20.1 Å². The highest BCUT2D eigenvalue weighted by Gasteiger charge is 2.13. The van der Waals surface area contributed by atoms with Crippen LogP contribution >= 0.6 is 0 Å². The van der Waals surface area contributed by atoms with E-state index in [4.69, 9.17) is 9.47 Å². The Morgan fingerprint density at radius 2 is 1.61 bits per heavy atom. The topological polar surface area (TPSA) is 98.3 Å². The van der Waals surface area contributed by atoms with Crippen molar-refractivity contribution in [3.8, 4) is 11.5 Å². The lowest BCUT2D eigenvalue weighted by Crippen LogP contribution is -2.24. The lowest BCUT2D eigenvalue weighted by Gasteiger charge is -2.13. The number of amides is 1. The summed E-state index contributed by atoms with van der Waals surface area (Å²) in [7, 11) is 3.24. The van der Waals surface area contributed by atoms with Crippen LogP contribution < -0.4 is 20.1 Å². The van der Waals surface area contributed by atoms with E-state index in [-0.39, 0.29) is 5.91 Å². The van der Waals surface area contributed by atoms with E-state index in [1.807, 2.05) is 48.5 Å². The molecule has 0 saturated heterocycles. The molecular formula is C30H27N5O3. The van der Waals surface area contributed by atoms with E-state index in [9.17, 15) is 4.79 Å². The quantitative estimate of drug-likeness (QED) is 0.280. The SMILES string of the molecule is COc1cc2nccc(Cc3ccc(Nc4ncccc4C(=O)NCc4ccccn4)cc3)c2cc1OC. The van der Waals surface area contributed by atoms with Crippen LogP contribution in [0.4, 0.5) is 11.5 Å². The Hall–Kier alpha value is -4.98. The Kier molecular flexibility index (Phi) is 7.40. The third-order valence-corrected chi connectivity index (χ3v) is 6.16. The molecule has 0 aliphatic heterocycles. The normalized spacial score (nSPS) is 10.7. The fraction of sp³-hybridized carbons (Fsp3) is 0.133. The van der Waals surface area contributed by atoms with Crippen LogP contribution in [0, 0.1) is 0 Å². The monoisotopic (exact) mass is 505 g/mol. The summed E-state index contributed by atoms with van der Waals surface area (Å²) in [5.74, 6) is 1.59. The van der Waals surface area contributed by atoms with Crippen molar-refractivity contribution in [2.24, 2.45) is 0 Å². The molecule has 5 rings (SSSR count). The Labute approximate surface area is 220 Å². The Morgan fingerprint density at radius 1 is 0.816 bits per heavy atom. The molecule has 1 amide bonds. The maximum Gasteiger partial charge on any atom is 0.255 e. The molecule has 2 N–H and O–H groups in total. The summed E-state index contributed by atoms with van der Waals surface area (Å²) in [6.07, 6.45) is 5.89. The number of pyridine rings is 3. The van der Waals surface area contributed by atoms with Crippen LogP contribution in [-0.2, 0) is 13.0 Å². The van der Waals surface area contributed by atoms with Crippen molar-refractivity contribution in [1.82, 2.24) is 20.3 Å². The standard InChI is InChI=1S/C30H27N5O3/c1-37-27-17-25-21(12-15-32-26(25)18-28(27)38-2)16-20-8-10-22(11-9-20)35-29-24(7-5-14-33-29)30(36)34-19-23-6-3-4-13-31-23/h3-15,17-18H,16,19H2,1-2H3,(H,33,35)(H,34,36). The minimum atomic E-state index is -0.223. The summed E-state index contributed by atoms with van der Waals surface area (Å²) in [4.78, 5) is 26.0.